The van der Waals surface area contributed by atoms with E-state index in [1.54, 1.807) is 12.1 Å². The Bertz CT molecular complexity index is 606. The number of hydrogen-bond donors (Lipinski definition) is 2. The molecule has 0 heterocycles. The van der Waals surface area contributed by atoms with Gasteiger partial charge >= 0.3 is 0 Å². The third-order valence-electron chi connectivity index (χ3n) is 2.99. The Hall–Kier alpha value is -2.33. The summed E-state index contributed by atoms with van der Waals surface area (Å²) in [5.41, 5.74) is 13.4. The Morgan fingerprint density at radius 1 is 1.15 bits per heavy atom. The fraction of sp³-hybridized carbons (Fsp3) is 0.188. The van der Waals surface area contributed by atoms with E-state index in [2.05, 4.69) is 0 Å². The van der Waals surface area contributed by atoms with Gasteiger partial charge in [0.15, 0.2) is 0 Å². The first-order valence-corrected chi connectivity index (χ1v) is 6.47. The van der Waals surface area contributed by atoms with Gasteiger partial charge in [-0.15, -0.1) is 0 Å². The molecule has 4 nitrogen and oxygen atoms in total. The smallest absolute Gasteiger partial charge is 0.252 e. The molecule has 0 aromatic heterocycles. The number of rotatable bonds is 5. The summed E-state index contributed by atoms with van der Waals surface area (Å²) in [6.07, 6.45) is 0.831. The average molecular weight is 270 g/mol. The molecule has 0 aliphatic rings. The average Bonchev–Trinajstić information content (AvgIpc) is 2.41. The maximum Gasteiger partial charge on any atom is 0.252 e. The summed E-state index contributed by atoms with van der Waals surface area (Å²) in [5, 5.41) is 0. The van der Waals surface area contributed by atoms with Crippen LogP contribution < -0.4 is 16.2 Å². The number of nitrogens with two attached hydrogens (primary N) is 2. The van der Waals surface area contributed by atoms with Gasteiger partial charge in [0.05, 0.1) is 5.56 Å². The number of hydrogen-bond acceptors (Lipinski definition) is 3. The lowest BCUT2D eigenvalue weighted by atomic mass is 10.1. The molecule has 0 unspecified atom stereocenters. The quantitative estimate of drug-likeness (QED) is 0.875. The standard InChI is InChI=1S/C16H18N2O2/c1-11-2-7-14(16(18)19)15(10-11)20-13-5-3-12(4-6-13)8-9-17/h2-7,10H,8-9,17H2,1H3,(H2,18,19). The lowest BCUT2D eigenvalue weighted by molar-refractivity contribution is 0.0998. The second-order valence-corrected chi connectivity index (χ2v) is 4.65. The van der Waals surface area contributed by atoms with Crippen molar-refractivity contribution >= 4 is 5.91 Å². The van der Waals surface area contributed by atoms with Gasteiger partial charge in [-0.2, -0.15) is 0 Å². The van der Waals surface area contributed by atoms with Gasteiger partial charge in [0.2, 0.25) is 0 Å². The SMILES string of the molecule is Cc1ccc(C(N)=O)c(Oc2ccc(CCN)cc2)c1. The molecule has 0 saturated heterocycles. The monoisotopic (exact) mass is 270 g/mol. The van der Waals surface area contributed by atoms with Crippen LogP contribution in [0.4, 0.5) is 0 Å². The number of primary amides is 1. The fourth-order valence-electron chi connectivity index (χ4n) is 1.94. The highest BCUT2D eigenvalue weighted by atomic mass is 16.5. The number of amides is 1. The number of carbonyl (C=O) groups excluding carboxylic acids is 1. The first-order chi connectivity index (χ1) is 9.60. The van der Waals surface area contributed by atoms with Crippen LogP contribution in [0.2, 0.25) is 0 Å². The van der Waals surface area contributed by atoms with E-state index in [9.17, 15) is 4.79 Å². The van der Waals surface area contributed by atoms with Crippen molar-refractivity contribution in [2.24, 2.45) is 11.5 Å². The Morgan fingerprint density at radius 3 is 2.45 bits per heavy atom. The van der Waals surface area contributed by atoms with Crippen LogP contribution in [-0.2, 0) is 6.42 Å². The first kappa shape index (κ1) is 14.1. The van der Waals surface area contributed by atoms with Crippen molar-refractivity contribution in [3.05, 3.63) is 59.2 Å². The summed E-state index contributed by atoms with van der Waals surface area (Å²) < 4.78 is 5.75. The maximum absolute atomic E-state index is 11.4. The summed E-state index contributed by atoms with van der Waals surface area (Å²) in [6.45, 7) is 2.55. The van der Waals surface area contributed by atoms with Gasteiger partial charge in [0.1, 0.15) is 11.5 Å². The molecule has 2 aromatic rings. The Labute approximate surface area is 118 Å². The summed E-state index contributed by atoms with van der Waals surface area (Å²) in [7, 11) is 0. The highest BCUT2D eigenvalue weighted by molar-refractivity contribution is 5.95. The van der Waals surface area contributed by atoms with Crippen LogP contribution in [0.5, 0.6) is 11.5 Å². The third-order valence-corrected chi connectivity index (χ3v) is 2.99. The topological polar surface area (TPSA) is 78.3 Å². The molecule has 0 saturated carbocycles. The van der Waals surface area contributed by atoms with Gasteiger partial charge in [0, 0.05) is 0 Å². The van der Waals surface area contributed by atoms with Crippen LogP contribution in [0.3, 0.4) is 0 Å². The largest absolute Gasteiger partial charge is 0.457 e. The van der Waals surface area contributed by atoms with Crippen molar-refractivity contribution in [2.45, 2.75) is 13.3 Å². The molecule has 4 heteroatoms. The molecule has 0 bridgehead atoms. The van der Waals surface area contributed by atoms with Crippen molar-refractivity contribution in [2.75, 3.05) is 6.54 Å². The van der Waals surface area contributed by atoms with E-state index in [4.69, 9.17) is 16.2 Å². The van der Waals surface area contributed by atoms with Crippen molar-refractivity contribution in [3.63, 3.8) is 0 Å². The molecule has 104 valence electrons. The molecular weight excluding hydrogens is 252 g/mol. The van der Waals surface area contributed by atoms with Gasteiger partial charge in [-0.25, -0.2) is 0 Å². The second kappa shape index (κ2) is 6.21. The lowest BCUT2D eigenvalue weighted by Gasteiger charge is -2.10. The first-order valence-electron chi connectivity index (χ1n) is 6.47. The second-order valence-electron chi connectivity index (χ2n) is 4.65. The Balaban J connectivity index is 2.25. The normalized spacial score (nSPS) is 10.3. The summed E-state index contributed by atoms with van der Waals surface area (Å²) >= 11 is 0. The van der Waals surface area contributed by atoms with Crippen LogP contribution in [0.25, 0.3) is 0 Å². The Kier molecular flexibility index (Phi) is 4.38. The summed E-state index contributed by atoms with van der Waals surface area (Å²) in [6, 6.07) is 12.9. The zero-order valence-corrected chi connectivity index (χ0v) is 11.4. The number of ether oxygens (including phenoxy) is 1. The molecule has 0 atom stereocenters. The van der Waals surface area contributed by atoms with Crippen LogP contribution in [-0.4, -0.2) is 12.5 Å². The van der Waals surface area contributed by atoms with E-state index in [0.29, 0.717) is 23.6 Å². The third kappa shape index (κ3) is 3.36. The van der Waals surface area contributed by atoms with E-state index < -0.39 is 5.91 Å². The minimum atomic E-state index is -0.500. The molecule has 0 spiro atoms. The van der Waals surface area contributed by atoms with Crippen LogP contribution in [0.1, 0.15) is 21.5 Å². The minimum Gasteiger partial charge on any atom is -0.457 e. The maximum atomic E-state index is 11.4. The predicted octanol–water partition coefficient (Wildman–Crippen LogP) is 2.39. The molecule has 1 amide bonds. The van der Waals surface area contributed by atoms with Gasteiger partial charge in [-0.05, 0) is 55.3 Å². The van der Waals surface area contributed by atoms with Crippen molar-refractivity contribution < 1.29 is 9.53 Å². The van der Waals surface area contributed by atoms with Crippen LogP contribution >= 0.6 is 0 Å². The number of carbonyl (C=O) groups is 1. The fourth-order valence-corrected chi connectivity index (χ4v) is 1.94. The predicted molar refractivity (Wildman–Crippen MR) is 79.0 cm³/mol. The molecule has 2 rings (SSSR count). The van der Waals surface area contributed by atoms with Gasteiger partial charge in [-0.1, -0.05) is 18.2 Å². The van der Waals surface area contributed by atoms with E-state index in [1.165, 1.54) is 0 Å². The molecule has 4 N–H and O–H groups in total. The van der Waals surface area contributed by atoms with Gasteiger partial charge in [-0.3, -0.25) is 4.79 Å². The number of aryl methyl sites for hydroxylation is 1. The van der Waals surface area contributed by atoms with Crippen LogP contribution in [0, 0.1) is 6.92 Å². The van der Waals surface area contributed by atoms with E-state index >= 15 is 0 Å². The Morgan fingerprint density at radius 2 is 1.85 bits per heavy atom. The molecule has 0 aliphatic heterocycles. The van der Waals surface area contributed by atoms with E-state index in [-0.39, 0.29) is 0 Å². The molecule has 0 aliphatic carbocycles. The molecular formula is C16H18N2O2. The van der Waals surface area contributed by atoms with Crippen molar-refractivity contribution in [1.82, 2.24) is 0 Å². The van der Waals surface area contributed by atoms with Crippen LogP contribution in [0.15, 0.2) is 42.5 Å². The number of benzene rings is 2. The zero-order valence-electron chi connectivity index (χ0n) is 11.4. The lowest BCUT2D eigenvalue weighted by Crippen LogP contribution is -2.12. The minimum absolute atomic E-state index is 0.377. The molecule has 0 fully saturated rings. The van der Waals surface area contributed by atoms with Crippen molar-refractivity contribution in [1.29, 1.82) is 0 Å². The highest BCUT2D eigenvalue weighted by Gasteiger charge is 2.10. The van der Waals surface area contributed by atoms with Gasteiger partial charge < -0.3 is 16.2 Å². The van der Waals surface area contributed by atoms with Crippen molar-refractivity contribution in [3.8, 4) is 11.5 Å². The molecule has 2 aromatic carbocycles. The van der Waals surface area contributed by atoms with E-state index in [0.717, 1.165) is 17.5 Å². The highest BCUT2D eigenvalue weighted by Crippen LogP contribution is 2.26. The molecule has 20 heavy (non-hydrogen) atoms. The van der Waals surface area contributed by atoms with E-state index in [1.807, 2.05) is 37.3 Å². The summed E-state index contributed by atoms with van der Waals surface area (Å²) in [5.74, 6) is 0.641. The zero-order chi connectivity index (χ0) is 14.5. The summed E-state index contributed by atoms with van der Waals surface area (Å²) in [4.78, 5) is 11.4. The van der Waals surface area contributed by atoms with Gasteiger partial charge in [0.25, 0.3) is 5.91 Å². The molecule has 0 radical (unpaired) electrons.